The van der Waals surface area contributed by atoms with Crippen LogP contribution in [0.2, 0.25) is 0 Å². The van der Waals surface area contributed by atoms with Crippen molar-refractivity contribution in [3.05, 3.63) is 58.7 Å². The molecule has 41 heavy (non-hydrogen) atoms. The Morgan fingerprint density at radius 2 is 1.98 bits per heavy atom. The van der Waals surface area contributed by atoms with Gasteiger partial charge in [0.25, 0.3) is 5.56 Å². The minimum atomic E-state index is -1.00. The maximum absolute atomic E-state index is 13.2. The number of likely N-dealkylation sites (N-methyl/N-ethyl adjacent to an activating group) is 1. The largest absolute Gasteiger partial charge is 0.453 e. The molecule has 0 bridgehead atoms. The van der Waals surface area contributed by atoms with E-state index in [0.29, 0.717) is 23.4 Å². The number of carbonyl (C=O) groups is 3. The monoisotopic (exact) mass is 566 g/mol. The van der Waals surface area contributed by atoms with Crippen molar-refractivity contribution in [3.63, 3.8) is 0 Å². The number of aromatic amines is 1. The number of imidazole rings is 1. The van der Waals surface area contributed by atoms with Crippen LogP contribution in [-0.2, 0) is 27.3 Å². The zero-order valence-electron chi connectivity index (χ0n) is 24.4. The quantitative estimate of drug-likeness (QED) is 0.298. The Labute approximate surface area is 238 Å². The van der Waals surface area contributed by atoms with Crippen molar-refractivity contribution >= 4 is 34.8 Å². The van der Waals surface area contributed by atoms with Gasteiger partial charge in [0.1, 0.15) is 29.4 Å². The van der Waals surface area contributed by atoms with Crippen LogP contribution < -0.4 is 16.2 Å². The van der Waals surface area contributed by atoms with Crippen molar-refractivity contribution in [2.75, 3.05) is 26.5 Å². The Bertz CT molecular complexity index is 1470. The molecule has 0 saturated heterocycles. The summed E-state index contributed by atoms with van der Waals surface area (Å²) >= 11 is 0. The topological polar surface area (TPSA) is 164 Å². The predicted octanol–water partition coefficient (Wildman–Crippen LogP) is 2.63. The number of nitrogens with one attached hydrogen (secondary N) is 3. The summed E-state index contributed by atoms with van der Waals surface area (Å²) in [7, 11) is 4.44. The highest BCUT2D eigenvalue weighted by molar-refractivity contribution is 5.96. The van der Waals surface area contributed by atoms with E-state index in [1.54, 1.807) is 32.4 Å². The van der Waals surface area contributed by atoms with E-state index in [4.69, 9.17) is 0 Å². The molecule has 13 nitrogen and oxygen atoms in total. The number of anilines is 1. The van der Waals surface area contributed by atoms with Crippen molar-refractivity contribution in [2.24, 2.45) is 5.41 Å². The molecule has 0 fully saturated rings. The van der Waals surface area contributed by atoms with Gasteiger partial charge in [-0.25, -0.2) is 19.7 Å². The van der Waals surface area contributed by atoms with E-state index < -0.39 is 23.6 Å². The van der Waals surface area contributed by atoms with Gasteiger partial charge >= 0.3 is 6.09 Å². The normalized spacial score (nSPS) is 12.3. The first-order valence-corrected chi connectivity index (χ1v) is 13.3. The first-order chi connectivity index (χ1) is 19.4. The van der Waals surface area contributed by atoms with Crippen LogP contribution in [0.15, 0.2) is 41.6 Å². The van der Waals surface area contributed by atoms with Crippen molar-refractivity contribution in [1.29, 1.82) is 0 Å². The molecular formula is C28H38N8O5. The first-order valence-electron chi connectivity index (χ1n) is 13.3. The lowest BCUT2D eigenvalue weighted by atomic mass is 9.90. The smallest absolute Gasteiger partial charge is 0.407 e. The fourth-order valence-electron chi connectivity index (χ4n) is 3.88. The standard InChI is InChI=1S/C28H38N8O5/c1-28(2,3)14-13-18-23-24(30-17-29-18)34-21(33-23)16-36-15-9-11-20(26(36)39)31-25(38)19(32-27(40)41-6)10-7-8-12-22(37)35(4)5/h8-9,11-12,15,17,19H,7,10,13-14,16H2,1-6H3,(H,31,38)(H,32,40)(H,29,30,33,34)/b12-8+/t19-/m0/s1. The molecule has 3 rings (SSSR count). The molecule has 0 aliphatic heterocycles. The van der Waals surface area contributed by atoms with Gasteiger partial charge in [0.05, 0.1) is 19.3 Å². The van der Waals surface area contributed by atoms with Crippen LogP contribution in [0, 0.1) is 5.41 Å². The lowest BCUT2D eigenvalue weighted by Crippen LogP contribution is -2.44. The number of aromatic nitrogens is 5. The Morgan fingerprint density at radius 1 is 1.22 bits per heavy atom. The average molecular weight is 567 g/mol. The lowest BCUT2D eigenvalue weighted by Gasteiger charge is -2.17. The van der Waals surface area contributed by atoms with Gasteiger partial charge in [-0.15, -0.1) is 0 Å². The zero-order valence-corrected chi connectivity index (χ0v) is 24.4. The van der Waals surface area contributed by atoms with E-state index in [1.807, 2.05) is 0 Å². The number of fused-ring (bicyclic) bond motifs is 1. The van der Waals surface area contributed by atoms with E-state index in [0.717, 1.165) is 18.5 Å². The van der Waals surface area contributed by atoms with Gasteiger partial charge in [-0.2, -0.15) is 0 Å². The maximum Gasteiger partial charge on any atom is 0.407 e. The Kier molecular flexibility index (Phi) is 10.3. The highest BCUT2D eigenvalue weighted by Gasteiger charge is 2.22. The SMILES string of the molecule is COC(=O)N[C@@H](CC/C=C/C(=O)N(C)C)C(=O)Nc1cccn(Cc2nc3c(CCC(C)(C)C)ncnc3[nH]2)c1=O. The highest BCUT2D eigenvalue weighted by Crippen LogP contribution is 2.23. The number of ether oxygens (including phenoxy) is 1. The molecule has 0 aliphatic carbocycles. The van der Waals surface area contributed by atoms with Crippen LogP contribution in [0.25, 0.3) is 11.2 Å². The van der Waals surface area contributed by atoms with Gasteiger partial charge in [-0.3, -0.25) is 14.4 Å². The van der Waals surface area contributed by atoms with Crippen LogP contribution >= 0.6 is 0 Å². The number of hydrogen-bond donors (Lipinski definition) is 3. The fraction of sp³-hybridized carbons (Fsp3) is 0.464. The summed E-state index contributed by atoms with van der Waals surface area (Å²) in [5.41, 5.74) is 1.83. The summed E-state index contributed by atoms with van der Waals surface area (Å²) < 4.78 is 6.05. The number of aryl methyl sites for hydroxylation is 1. The molecular weight excluding hydrogens is 528 g/mol. The van der Waals surface area contributed by atoms with Crippen LogP contribution in [-0.4, -0.2) is 74.6 Å². The number of nitrogens with zero attached hydrogens (tertiary/aromatic N) is 5. The molecule has 0 saturated carbocycles. The first kappa shape index (κ1) is 31.0. The minimum absolute atomic E-state index is 0.0364. The number of pyridine rings is 1. The van der Waals surface area contributed by atoms with Gasteiger partial charge in [0.2, 0.25) is 11.8 Å². The summed E-state index contributed by atoms with van der Waals surface area (Å²) in [6.07, 6.45) is 7.48. The Hall–Kier alpha value is -4.55. The van der Waals surface area contributed by atoms with E-state index in [-0.39, 0.29) is 30.0 Å². The second-order valence-electron chi connectivity index (χ2n) is 11.0. The third-order valence-electron chi connectivity index (χ3n) is 6.23. The highest BCUT2D eigenvalue weighted by atomic mass is 16.5. The number of carbonyl (C=O) groups excluding carboxylic acids is 3. The van der Waals surface area contributed by atoms with Gasteiger partial charge in [0, 0.05) is 20.3 Å². The van der Waals surface area contributed by atoms with E-state index in [1.165, 1.54) is 35.0 Å². The Balaban J connectivity index is 1.75. The van der Waals surface area contributed by atoms with E-state index in [9.17, 15) is 19.2 Å². The maximum atomic E-state index is 13.2. The molecule has 3 amide bonds. The molecule has 0 spiro atoms. The summed E-state index contributed by atoms with van der Waals surface area (Å²) in [6.45, 7) is 6.61. The Morgan fingerprint density at radius 3 is 2.66 bits per heavy atom. The molecule has 1 atom stereocenters. The van der Waals surface area contributed by atoms with Gasteiger partial charge in [0.15, 0.2) is 5.65 Å². The molecule has 0 aromatic carbocycles. The van der Waals surface area contributed by atoms with Crippen molar-refractivity contribution in [1.82, 2.24) is 34.7 Å². The van der Waals surface area contributed by atoms with Crippen LogP contribution in [0.3, 0.4) is 0 Å². The summed E-state index contributed by atoms with van der Waals surface area (Å²) in [6, 6.07) is 2.11. The molecule has 13 heteroatoms. The molecule has 0 aliphatic rings. The van der Waals surface area contributed by atoms with Crippen LogP contribution in [0.4, 0.5) is 10.5 Å². The average Bonchev–Trinajstić information content (AvgIpc) is 3.33. The summed E-state index contributed by atoms with van der Waals surface area (Å²) in [4.78, 5) is 67.8. The predicted molar refractivity (Wildman–Crippen MR) is 154 cm³/mol. The van der Waals surface area contributed by atoms with Crippen molar-refractivity contribution in [3.8, 4) is 0 Å². The van der Waals surface area contributed by atoms with E-state index in [2.05, 4.69) is 56.1 Å². The molecule has 0 radical (unpaired) electrons. The minimum Gasteiger partial charge on any atom is -0.453 e. The zero-order chi connectivity index (χ0) is 30.2. The molecule has 3 aromatic heterocycles. The second-order valence-corrected chi connectivity index (χ2v) is 11.0. The molecule has 0 unspecified atom stereocenters. The number of hydrogen-bond acceptors (Lipinski definition) is 8. The summed E-state index contributed by atoms with van der Waals surface area (Å²) in [5, 5.41) is 5.08. The van der Waals surface area contributed by atoms with Gasteiger partial charge in [-0.05, 0) is 49.3 Å². The third-order valence-corrected chi connectivity index (χ3v) is 6.23. The van der Waals surface area contributed by atoms with Crippen molar-refractivity contribution in [2.45, 2.75) is 59.0 Å². The summed E-state index contributed by atoms with van der Waals surface area (Å²) in [5.74, 6) is -0.276. The number of rotatable bonds is 11. The van der Waals surface area contributed by atoms with Gasteiger partial charge in [-0.1, -0.05) is 26.8 Å². The third kappa shape index (κ3) is 8.98. The number of amides is 3. The van der Waals surface area contributed by atoms with Crippen molar-refractivity contribution < 1.29 is 19.1 Å². The number of methoxy groups -OCH3 is 1. The molecule has 220 valence electrons. The molecule has 3 heterocycles. The molecule has 3 N–H and O–H groups in total. The second kappa shape index (κ2) is 13.7. The number of allylic oxidation sites excluding steroid dienone is 1. The van der Waals surface area contributed by atoms with Gasteiger partial charge < -0.3 is 29.8 Å². The fourth-order valence-corrected chi connectivity index (χ4v) is 3.88. The number of H-pyrrole nitrogens is 1. The molecule has 3 aromatic rings. The van der Waals surface area contributed by atoms with Crippen LogP contribution in [0.1, 0.15) is 51.6 Å². The number of alkyl carbamates (subject to hydrolysis) is 1. The lowest BCUT2D eigenvalue weighted by molar-refractivity contribution is -0.123. The van der Waals surface area contributed by atoms with Crippen LogP contribution in [0.5, 0.6) is 0 Å². The van der Waals surface area contributed by atoms with E-state index >= 15 is 0 Å².